The van der Waals surface area contributed by atoms with Crippen molar-refractivity contribution in [3.8, 4) is 11.6 Å². The fourth-order valence-corrected chi connectivity index (χ4v) is 4.57. The average Bonchev–Trinajstić information content (AvgIpc) is 3.33. The third-order valence-corrected chi connectivity index (χ3v) is 6.00. The Bertz CT molecular complexity index is 1440. The highest BCUT2D eigenvalue weighted by Crippen LogP contribution is 2.52. The first kappa shape index (κ1) is 18.3. The van der Waals surface area contributed by atoms with Gasteiger partial charge in [-0.15, -0.1) is 10.0 Å². The molecule has 3 aromatic carbocycles. The van der Waals surface area contributed by atoms with Gasteiger partial charge in [0.15, 0.2) is 11.6 Å². The van der Waals surface area contributed by atoms with Crippen LogP contribution in [0.4, 0.5) is 11.5 Å². The first-order valence-corrected chi connectivity index (χ1v) is 10.1. The Morgan fingerprint density at radius 2 is 1.59 bits per heavy atom. The number of carbonyl (C=O) groups is 1. The molecule has 2 N–H and O–H groups in total. The number of Topliss-reactive ketones (excluding diaryl/α,β-unsaturated/α-hetero) is 1. The highest BCUT2D eigenvalue weighted by Gasteiger charge is 2.43. The second kappa shape index (κ2) is 6.75. The second-order valence-electron chi connectivity index (χ2n) is 7.74. The number of benzene rings is 3. The molecule has 32 heavy (non-hydrogen) atoms. The van der Waals surface area contributed by atoms with E-state index in [9.17, 15) is 14.8 Å². The van der Waals surface area contributed by atoms with Crippen LogP contribution >= 0.6 is 0 Å². The molecule has 2 aliphatic rings. The fourth-order valence-electron chi connectivity index (χ4n) is 4.57. The third-order valence-electron chi connectivity index (χ3n) is 6.00. The Balaban J connectivity index is 1.60. The summed E-state index contributed by atoms with van der Waals surface area (Å²) < 4.78 is 1.46. The topological polar surface area (TPSA) is 96.6 Å². The zero-order chi connectivity index (χ0) is 21.8. The molecule has 0 saturated heterocycles. The van der Waals surface area contributed by atoms with Crippen molar-refractivity contribution in [3.05, 3.63) is 112 Å². The number of aromatic hydroxyl groups is 1. The molecule has 2 heterocycles. The summed E-state index contributed by atoms with van der Waals surface area (Å²) in [6.07, 6.45) is 0. The lowest BCUT2D eigenvalue weighted by Crippen LogP contribution is -2.18. The number of aromatic nitrogens is 2. The molecule has 1 aliphatic carbocycles. The van der Waals surface area contributed by atoms with Crippen LogP contribution in [-0.4, -0.2) is 20.7 Å². The number of rotatable bonds is 3. The molecule has 0 amide bonds. The molecule has 0 fully saturated rings. The van der Waals surface area contributed by atoms with Gasteiger partial charge in [0.05, 0.1) is 16.9 Å². The van der Waals surface area contributed by atoms with Crippen molar-refractivity contribution in [3.63, 3.8) is 0 Å². The Morgan fingerprint density at radius 1 is 0.906 bits per heavy atom. The molecule has 154 valence electrons. The minimum absolute atomic E-state index is 0.0448. The molecule has 0 saturated carbocycles. The number of allylic oxidation sites excluding steroid dienone is 1. The summed E-state index contributed by atoms with van der Waals surface area (Å²) in [6, 6.07) is 23.5. The molecule has 0 bridgehead atoms. The number of anilines is 1. The number of ketones is 1. The Morgan fingerprint density at radius 3 is 2.31 bits per heavy atom. The summed E-state index contributed by atoms with van der Waals surface area (Å²) in [5, 5.41) is 22.1. The van der Waals surface area contributed by atoms with Crippen LogP contribution in [0.25, 0.3) is 11.4 Å². The van der Waals surface area contributed by atoms with Crippen LogP contribution in [0.2, 0.25) is 0 Å². The lowest BCUT2D eigenvalue weighted by atomic mass is 9.82. The number of nitrogens with zero attached hydrogens (tertiary/aromatic N) is 3. The summed E-state index contributed by atoms with van der Waals surface area (Å²) in [7, 11) is 0. The van der Waals surface area contributed by atoms with Crippen molar-refractivity contribution in [1.29, 1.82) is 0 Å². The maximum Gasteiger partial charge on any atom is 0.220 e. The average molecular weight is 420 g/mol. The molecule has 7 heteroatoms. The molecule has 1 atom stereocenters. The van der Waals surface area contributed by atoms with E-state index in [1.54, 1.807) is 30.3 Å². The normalized spacial score (nSPS) is 16.2. The van der Waals surface area contributed by atoms with Gasteiger partial charge in [-0.1, -0.05) is 54.6 Å². The van der Waals surface area contributed by atoms with Gasteiger partial charge in [-0.3, -0.25) is 4.79 Å². The smallest absolute Gasteiger partial charge is 0.220 e. The zero-order valence-corrected chi connectivity index (χ0v) is 16.7. The van der Waals surface area contributed by atoms with Crippen LogP contribution in [0.3, 0.4) is 0 Å². The first-order valence-electron chi connectivity index (χ1n) is 10.1. The molecule has 1 aromatic heterocycles. The van der Waals surface area contributed by atoms with Gasteiger partial charge in [-0.2, -0.15) is 4.68 Å². The fraction of sp³-hybridized carbons (Fsp3) is 0.0400. The molecule has 0 spiro atoms. The molecule has 6 rings (SSSR count). The largest absolute Gasteiger partial charge is 0.493 e. The van der Waals surface area contributed by atoms with Gasteiger partial charge in [0.1, 0.15) is 5.69 Å². The maximum absolute atomic E-state index is 13.5. The van der Waals surface area contributed by atoms with E-state index in [1.165, 1.54) is 4.68 Å². The Kier molecular flexibility index (Phi) is 3.85. The number of nitroso groups, excluding NO2 is 1. The van der Waals surface area contributed by atoms with E-state index in [0.717, 1.165) is 11.1 Å². The van der Waals surface area contributed by atoms with E-state index in [4.69, 9.17) is 0 Å². The summed E-state index contributed by atoms with van der Waals surface area (Å²) in [5.74, 6) is -0.212. The monoisotopic (exact) mass is 420 g/mol. The van der Waals surface area contributed by atoms with Crippen molar-refractivity contribution in [2.24, 2.45) is 5.18 Å². The van der Waals surface area contributed by atoms with Crippen LogP contribution < -0.4 is 5.32 Å². The molecule has 0 radical (unpaired) electrons. The van der Waals surface area contributed by atoms with Crippen LogP contribution in [0.15, 0.2) is 89.6 Å². The van der Waals surface area contributed by atoms with Crippen LogP contribution in [0.1, 0.15) is 33.0 Å². The number of fused-ring (bicyclic) bond motifs is 3. The minimum atomic E-state index is -0.556. The maximum atomic E-state index is 13.5. The van der Waals surface area contributed by atoms with Gasteiger partial charge in [0.25, 0.3) is 0 Å². The third kappa shape index (κ3) is 2.48. The highest BCUT2D eigenvalue weighted by molar-refractivity contribution is 6.24. The zero-order valence-electron chi connectivity index (χ0n) is 16.7. The van der Waals surface area contributed by atoms with E-state index in [-0.39, 0.29) is 11.7 Å². The number of nitrogens with one attached hydrogen (secondary N) is 1. The van der Waals surface area contributed by atoms with Crippen molar-refractivity contribution < 1.29 is 9.90 Å². The number of carbonyl (C=O) groups excluding carboxylic acids is 1. The van der Waals surface area contributed by atoms with E-state index in [1.807, 2.05) is 48.5 Å². The van der Waals surface area contributed by atoms with Gasteiger partial charge < -0.3 is 10.4 Å². The van der Waals surface area contributed by atoms with Crippen LogP contribution in [-0.2, 0) is 0 Å². The van der Waals surface area contributed by atoms with Crippen LogP contribution in [0.5, 0.6) is 5.88 Å². The predicted octanol–water partition coefficient (Wildman–Crippen LogP) is 5.14. The van der Waals surface area contributed by atoms with Gasteiger partial charge >= 0.3 is 0 Å². The quantitative estimate of drug-likeness (QED) is 0.447. The molecular weight excluding hydrogens is 404 g/mol. The van der Waals surface area contributed by atoms with Gasteiger partial charge in [0, 0.05) is 22.6 Å². The van der Waals surface area contributed by atoms with Gasteiger partial charge in [-0.25, -0.2) is 0 Å². The summed E-state index contributed by atoms with van der Waals surface area (Å²) >= 11 is 0. The summed E-state index contributed by atoms with van der Waals surface area (Å²) in [6.45, 7) is 0. The van der Waals surface area contributed by atoms with Gasteiger partial charge in [-0.05, 0) is 35.0 Å². The number of para-hydroxylation sites is 1. The SMILES string of the molecule is O=Nc1ccc(C2C3=C(Nc4nn(-c5ccccc5)c(O)c42)c2ccccc2C3=O)cc1. The molecule has 4 aromatic rings. The lowest BCUT2D eigenvalue weighted by Gasteiger charge is -2.25. The first-order chi connectivity index (χ1) is 15.7. The van der Waals surface area contributed by atoms with E-state index < -0.39 is 5.92 Å². The highest BCUT2D eigenvalue weighted by atomic mass is 16.3. The molecule has 1 aliphatic heterocycles. The lowest BCUT2D eigenvalue weighted by molar-refractivity contribution is 0.103. The van der Waals surface area contributed by atoms with Crippen molar-refractivity contribution >= 4 is 23.0 Å². The van der Waals surface area contributed by atoms with Gasteiger partial charge in [0.2, 0.25) is 5.88 Å². The summed E-state index contributed by atoms with van der Waals surface area (Å²) in [5.41, 5.74) is 4.93. The molecular formula is C25H16N4O3. The standard InChI is InChI=1S/C25H16N4O3/c30-23-18-9-5-4-8-17(18)22-20(23)19(14-10-12-15(28-32)13-11-14)21-24(26-22)27-29(25(21)31)16-6-2-1-3-7-16/h1-13,19,31H,(H,26,27). The van der Waals surface area contributed by atoms with Crippen molar-refractivity contribution in [1.82, 2.24) is 9.78 Å². The minimum Gasteiger partial charge on any atom is -0.493 e. The number of hydrogen-bond donors (Lipinski definition) is 2. The Hall–Kier alpha value is -4.52. The van der Waals surface area contributed by atoms with E-state index in [2.05, 4.69) is 15.6 Å². The van der Waals surface area contributed by atoms with Crippen LogP contribution in [0, 0.1) is 4.91 Å². The van der Waals surface area contributed by atoms with E-state index in [0.29, 0.717) is 39.6 Å². The predicted molar refractivity (Wildman–Crippen MR) is 120 cm³/mol. The summed E-state index contributed by atoms with van der Waals surface area (Å²) in [4.78, 5) is 24.4. The van der Waals surface area contributed by atoms with Crippen molar-refractivity contribution in [2.75, 3.05) is 5.32 Å². The van der Waals surface area contributed by atoms with E-state index >= 15 is 0 Å². The Labute approximate surface area is 182 Å². The second-order valence-corrected chi connectivity index (χ2v) is 7.74. The molecule has 7 nitrogen and oxygen atoms in total. The van der Waals surface area contributed by atoms with Crippen molar-refractivity contribution in [2.45, 2.75) is 5.92 Å². The molecule has 1 unspecified atom stereocenters. The number of hydrogen-bond acceptors (Lipinski definition) is 6.